The summed E-state index contributed by atoms with van der Waals surface area (Å²) < 4.78 is 0. The molecule has 3 heterocycles. The van der Waals surface area contributed by atoms with Crippen molar-refractivity contribution >= 4 is 23.2 Å². The molecular weight excluding hydrogens is 372 g/mol. The van der Waals surface area contributed by atoms with Gasteiger partial charge in [0.2, 0.25) is 5.91 Å². The molecule has 2 aliphatic heterocycles. The number of primary amides is 1. The largest absolute Gasteiger partial charge is 0.370 e. The average Bonchev–Trinajstić information content (AvgIpc) is 3.08. The third-order valence-electron chi connectivity index (χ3n) is 5.83. The minimum Gasteiger partial charge on any atom is -0.370 e. The Labute approximate surface area is 172 Å². The number of likely N-dealkylation sites (tertiary alicyclic amines) is 2. The summed E-state index contributed by atoms with van der Waals surface area (Å²) >= 11 is 1.73. The smallest absolute Gasteiger partial charge is 0.217 e. The molecule has 0 bridgehead atoms. The number of hydrogen-bond donors (Lipinski definition) is 2. The van der Waals surface area contributed by atoms with E-state index in [0.717, 1.165) is 63.1 Å². The Bertz CT molecular complexity index is 667. The van der Waals surface area contributed by atoms with Crippen LogP contribution in [0.4, 0.5) is 0 Å². The summed E-state index contributed by atoms with van der Waals surface area (Å²) in [6.07, 6.45) is 5.06. The molecule has 0 spiro atoms. The van der Waals surface area contributed by atoms with Crippen molar-refractivity contribution in [2.24, 2.45) is 22.6 Å². The van der Waals surface area contributed by atoms with Crippen LogP contribution in [0.15, 0.2) is 10.4 Å². The molecule has 1 aromatic rings. The van der Waals surface area contributed by atoms with Crippen molar-refractivity contribution in [2.75, 3.05) is 39.8 Å². The fraction of sp³-hybridized carbons (Fsp3) is 0.750. The van der Waals surface area contributed by atoms with E-state index >= 15 is 0 Å². The van der Waals surface area contributed by atoms with Gasteiger partial charge in [0.05, 0.1) is 10.7 Å². The monoisotopic (exact) mass is 406 g/mol. The van der Waals surface area contributed by atoms with Gasteiger partial charge in [-0.25, -0.2) is 4.98 Å². The van der Waals surface area contributed by atoms with Crippen LogP contribution >= 0.6 is 11.3 Å². The predicted octanol–water partition coefficient (Wildman–Crippen LogP) is 1.83. The number of amides is 1. The van der Waals surface area contributed by atoms with Gasteiger partial charge in [-0.1, -0.05) is 0 Å². The zero-order chi connectivity index (χ0) is 19.9. The molecule has 2 aliphatic rings. The van der Waals surface area contributed by atoms with Crippen molar-refractivity contribution in [1.82, 2.24) is 20.1 Å². The van der Waals surface area contributed by atoms with E-state index in [0.29, 0.717) is 18.3 Å². The third kappa shape index (κ3) is 6.17. The number of aromatic nitrogens is 1. The lowest BCUT2D eigenvalue weighted by Crippen LogP contribution is -2.48. The Morgan fingerprint density at radius 2 is 2.11 bits per heavy atom. The highest BCUT2D eigenvalue weighted by atomic mass is 32.1. The van der Waals surface area contributed by atoms with Crippen LogP contribution in [0.3, 0.4) is 0 Å². The molecule has 7 nitrogen and oxygen atoms in total. The molecule has 1 unspecified atom stereocenters. The average molecular weight is 407 g/mol. The number of piperidine rings is 2. The van der Waals surface area contributed by atoms with Gasteiger partial charge in [-0.3, -0.25) is 14.7 Å². The van der Waals surface area contributed by atoms with E-state index in [4.69, 9.17) is 5.73 Å². The number of carbonyl (C=O) groups is 1. The summed E-state index contributed by atoms with van der Waals surface area (Å²) in [4.78, 5) is 25.1. The predicted molar refractivity (Wildman–Crippen MR) is 114 cm³/mol. The number of carbonyl (C=O) groups excluding carboxylic acids is 1. The molecule has 28 heavy (non-hydrogen) atoms. The van der Waals surface area contributed by atoms with Crippen molar-refractivity contribution in [3.63, 3.8) is 0 Å². The molecule has 156 valence electrons. The third-order valence-corrected chi connectivity index (χ3v) is 6.65. The van der Waals surface area contributed by atoms with Crippen LogP contribution in [0, 0.1) is 18.8 Å². The maximum atomic E-state index is 11.2. The first-order valence-corrected chi connectivity index (χ1v) is 11.3. The van der Waals surface area contributed by atoms with E-state index in [2.05, 4.69) is 37.4 Å². The molecule has 1 atom stereocenters. The van der Waals surface area contributed by atoms with Crippen LogP contribution in [0.2, 0.25) is 0 Å². The molecule has 2 fully saturated rings. The highest BCUT2D eigenvalue weighted by Gasteiger charge is 2.25. The highest BCUT2D eigenvalue weighted by Crippen LogP contribution is 2.21. The number of nitrogens with zero attached hydrogens (tertiary/aromatic N) is 4. The molecule has 3 rings (SSSR count). The fourth-order valence-electron chi connectivity index (χ4n) is 4.34. The van der Waals surface area contributed by atoms with Crippen LogP contribution in [-0.4, -0.2) is 66.4 Å². The summed E-state index contributed by atoms with van der Waals surface area (Å²) in [5.74, 6) is 1.79. The first-order chi connectivity index (χ1) is 13.5. The second-order valence-electron chi connectivity index (χ2n) is 8.13. The normalized spacial score (nSPS) is 22.4. The first kappa shape index (κ1) is 21.0. The van der Waals surface area contributed by atoms with Gasteiger partial charge < -0.3 is 16.0 Å². The summed E-state index contributed by atoms with van der Waals surface area (Å²) in [5.41, 5.74) is 6.59. The summed E-state index contributed by atoms with van der Waals surface area (Å²) in [6, 6.07) is 0. The van der Waals surface area contributed by atoms with Crippen molar-refractivity contribution in [1.29, 1.82) is 0 Å². The highest BCUT2D eigenvalue weighted by molar-refractivity contribution is 7.09. The van der Waals surface area contributed by atoms with E-state index in [-0.39, 0.29) is 5.91 Å². The summed E-state index contributed by atoms with van der Waals surface area (Å²) in [6.45, 7) is 8.14. The Balaban J connectivity index is 1.40. The maximum Gasteiger partial charge on any atom is 0.217 e. The van der Waals surface area contributed by atoms with E-state index in [1.54, 1.807) is 11.3 Å². The zero-order valence-corrected chi connectivity index (χ0v) is 18.0. The molecule has 3 N–H and O–H groups in total. The van der Waals surface area contributed by atoms with Gasteiger partial charge in [0.1, 0.15) is 0 Å². The van der Waals surface area contributed by atoms with Crippen LogP contribution in [-0.2, 0) is 11.3 Å². The lowest BCUT2D eigenvalue weighted by molar-refractivity contribution is -0.119. The number of nitrogens with one attached hydrogen (secondary N) is 1. The van der Waals surface area contributed by atoms with E-state index in [1.165, 1.54) is 18.5 Å². The minimum atomic E-state index is -0.200. The number of hydrogen-bond acceptors (Lipinski definition) is 5. The number of aliphatic imine (C=N–C) groups is 1. The van der Waals surface area contributed by atoms with Gasteiger partial charge in [0.15, 0.2) is 5.96 Å². The molecule has 8 heteroatoms. The lowest BCUT2D eigenvalue weighted by Gasteiger charge is -2.36. The van der Waals surface area contributed by atoms with Crippen molar-refractivity contribution in [3.8, 4) is 0 Å². The molecule has 1 aromatic heterocycles. The number of aryl methyl sites for hydroxylation is 1. The van der Waals surface area contributed by atoms with Gasteiger partial charge in [-0.15, -0.1) is 11.3 Å². The van der Waals surface area contributed by atoms with E-state index in [9.17, 15) is 4.79 Å². The van der Waals surface area contributed by atoms with E-state index in [1.807, 2.05) is 7.05 Å². The number of guanidine groups is 1. The van der Waals surface area contributed by atoms with Crippen LogP contribution in [0.1, 0.15) is 42.8 Å². The van der Waals surface area contributed by atoms with Crippen molar-refractivity contribution in [2.45, 2.75) is 45.6 Å². The second-order valence-corrected chi connectivity index (χ2v) is 9.19. The molecule has 0 aromatic carbocycles. The number of rotatable bonds is 6. The molecule has 2 saturated heterocycles. The van der Waals surface area contributed by atoms with Gasteiger partial charge in [0, 0.05) is 45.0 Å². The Morgan fingerprint density at radius 1 is 1.32 bits per heavy atom. The van der Waals surface area contributed by atoms with Crippen LogP contribution < -0.4 is 11.1 Å². The van der Waals surface area contributed by atoms with Crippen molar-refractivity contribution in [3.05, 3.63) is 16.1 Å². The topological polar surface area (TPSA) is 86.8 Å². The minimum absolute atomic E-state index is 0.200. The van der Waals surface area contributed by atoms with Gasteiger partial charge in [-0.2, -0.15) is 0 Å². The SMILES string of the molecule is CN=C(NCC1CCN(Cc2csc(C)n2)CC1)N1CCCC(CC(N)=O)C1. The second kappa shape index (κ2) is 10.2. The molecule has 0 radical (unpaired) electrons. The van der Waals surface area contributed by atoms with Crippen LogP contribution in [0.5, 0.6) is 0 Å². The number of thiazole rings is 1. The van der Waals surface area contributed by atoms with E-state index < -0.39 is 0 Å². The molecule has 1 amide bonds. The van der Waals surface area contributed by atoms with Crippen LogP contribution in [0.25, 0.3) is 0 Å². The zero-order valence-electron chi connectivity index (χ0n) is 17.2. The standard InChI is InChI=1S/C20H34N6OS/c1-15-24-18(14-28-15)13-25-8-5-16(6-9-25)11-23-20(22-2)26-7-3-4-17(12-26)10-19(21)27/h14,16-17H,3-13H2,1-2H3,(H2,21,27)(H,22,23). The quantitative estimate of drug-likeness (QED) is 0.556. The maximum absolute atomic E-state index is 11.2. The fourth-order valence-corrected chi connectivity index (χ4v) is 4.94. The van der Waals surface area contributed by atoms with Gasteiger partial charge in [0.25, 0.3) is 0 Å². The Hall–Kier alpha value is -1.67. The summed E-state index contributed by atoms with van der Waals surface area (Å²) in [7, 11) is 1.85. The molecule has 0 aliphatic carbocycles. The van der Waals surface area contributed by atoms with Crippen molar-refractivity contribution < 1.29 is 4.79 Å². The molecule has 0 saturated carbocycles. The first-order valence-electron chi connectivity index (χ1n) is 10.4. The van der Waals surface area contributed by atoms with Gasteiger partial charge in [-0.05, 0) is 57.5 Å². The lowest BCUT2D eigenvalue weighted by atomic mass is 9.94. The molecular formula is C20H34N6OS. The Morgan fingerprint density at radius 3 is 2.75 bits per heavy atom. The van der Waals surface area contributed by atoms with Gasteiger partial charge >= 0.3 is 0 Å². The summed E-state index contributed by atoms with van der Waals surface area (Å²) in [5, 5.41) is 6.91. The Kier molecular flexibility index (Phi) is 7.67. The number of nitrogens with two attached hydrogens (primary N) is 1.